The van der Waals surface area contributed by atoms with Gasteiger partial charge in [0.15, 0.2) is 0 Å². The highest BCUT2D eigenvalue weighted by atomic mass is 79.9. The third kappa shape index (κ3) is 8.73. The zero-order valence-electron chi connectivity index (χ0n) is 16.6. The maximum Gasteiger partial charge on any atom is 0.488 e. The Morgan fingerprint density at radius 2 is 1.12 bits per heavy atom. The van der Waals surface area contributed by atoms with E-state index in [1.807, 2.05) is 36.4 Å². The first kappa shape index (κ1) is 26.0. The van der Waals surface area contributed by atoms with Crippen LogP contribution in [-0.2, 0) is 0 Å². The largest absolute Gasteiger partial charge is 0.488 e. The molecule has 4 aromatic carbocycles. The summed E-state index contributed by atoms with van der Waals surface area (Å²) in [7, 11) is -1.34. The fraction of sp³-hybridized carbons (Fsp3) is 0. The van der Waals surface area contributed by atoms with Crippen molar-refractivity contribution in [2.75, 3.05) is 0 Å². The lowest BCUT2D eigenvalue weighted by Crippen LogP contribution is -2.29. The summed E-state index contributed by atoms with van der Waals surface area (Å²) < 4.78 is 26.0. The van der Waals surface area contributed by atoms with E-state index in [1.54, 1.807) is 42.5 Å². The lowest BCUT2D eigenvalue weighted by atomic mass is 9.81. The van der Waals surface area contributed by atoms with Gasteiger partial charge in [-0.25, -0.2) is 8.78 Å². The van der Waals surface area contributed by atoms with Gasteiger partial charge in [0.25, 0.3) is 0 Å². The molecule has 0 aromatic heterocycles. The zero-order valence-corrected chi connectivity index (χ0v) is 19.7. The minimum absolute atomic E-state index is 0.143. The molecule has 4 rings (SSSR count). The molecule has 0 aliphatic heterocycles. The van der Waals surface area contributed by atoms with Crippen LogP contribution in [0.15, 0.2) is 102 Å². The average molecular weight is 538 g/mol. The Hall–Kier alpha value is -2.22. The van der Waals surface area contributed by atoms with Crippen molar-refractivity contribution in [2.24, 2.45) is 0 Å². The van der Waals surface area contributed by atoms with E-state index < -0.39 is 7.12 Å². The first-order chi connectivity index (χ1) is 15.3. The third-order valence-corrected chi connectivity index (χ3v) is 5.08. The van der Waals surface area contributed by atoms with E-state index in [4.69, 9.17) is 33.2 Å². The minimum atomic E-state index is -1.34. The van der Waals surface area contributed by atoms with Crippen LogP contribution in [0.5, 0.6) is 0 Å². The number of halogens is 5. The molecule has 4 aromatic rings. The van der Waals surface area contributed by atoms with Crippen molar-refractivity contribution in [3.05, 3.63) is 123 Å². The third-order valence-electron chi connectivity index (χ3n) is 4.01. The first-order valence-corrected chi connectivity index (χ1v) is 10.8. The van der Waals surface area contributed by atoms with Crippen molar-refractivity contribution in [1.82, 2.24) is 0 Å². The van der Waals surface area contributed by atoms with Gasteiger partial charge in [0.05, 0.1) is 10.0 Å². The fourth-order valence-electron chi connectivity index (χ4n) is 2.40. The van der Waals surface area contributed by atoms with Crippen molar-refractivity contribution in [2.45, 2.75) is 0 Å². The summed E-state index contributed by atoms with van der Waals surface area (Å²) >= 11 is 14.2. The molecule has 0 atom stereocenters. The summed E-state index contributed by atoms with van der Waals surface area (Å²) in [5.41, 5.74) is 2.49. The molecule has 8 heteroatoms. The molecular formula is C24H18BBrCl2F2O2. The maximum absolute atomic E-state index is 12.9. The van der Waals surface area contributed by atoms with Gasteiger partial charge in [0.2, 0.25) is 0 Å². The van der Waals surface area contributed by atoms with Crippen molar-refractivity contribution < 1.29 is 18.8 Å². The van der Waals surface area contributed by atoms with Gasteiger partial charge >= 0.3 is 7.12 Å². The molecule has 164 valence electrons. The van der Waals surface area contributed by atoms with Crippen molar-refractivity contribution in [3.63, 3.8) is 0 Å². The Balaban J connectivity index is 0.000000178. The molecule has 0 aliphatic carbocycles. The predicted molar refractivity (Wildman–Crippen MR) is 132 cm³/mol. The molecule has 32 heavy (non-hydrogen) atoms. The second kappa shape index (κ2) is 13.4. The van der Waals surface area contributed by atoms with E-state index in [-0.39, 0.29) is 21.7 Å². The van der Waals surface area contributed by atoms with E-state index in [0.29, 0.717) is 5.46 Å². The monoisotopic (exact) mass is 536 g/mol. The standard InChI is InChI=1S/C12H8ClF.C6H7BO2.C6H3BrClF/c13-11-8-10(6-7-12(11)14)9-4-2-1-3-5-9;8-7(9)6-4-2-1-3-5-6;7-4-1-2-6(9)5(8)3-4/h1-8H;1-5,8-9H;1-3H. The molecule has 0 bridgehead atoms. The topological polar surface area (TPSA) is 40.5 Å². The van der Waals surface area contributed by atoms with Crippen LogP contribution in [0.1, 0.15) is 0 Å². The molecule has 2 nitrogen and oxygen atoms in total. The number of hydrogen-bond acceptors (Lipinski definition) is 2. The average Bonchev–Trinajstić information content (AvgIpc) is 2.80. The van der Waals surface area contributed by atoms with E-state index in [0.717, 1.165) is 15.6 Å². The van der Waals surface area contributed by atoms with E-state index >= 15 is 0 Å². The molecule has 0 aliphatic rings. The highest BCUT2D eigenvalue weighted by Gasteiger charge is 2.07. The van der Waals surface area contributed by atoms with Gasteiger partial charge in [-0.15, -0.1) is 0 Å². The van der Waals surface area contributed by atoms with Gasteiger partial charge in [-0.3, -0.25) is 0 Å². The Bertz CT molecular complexity index is 1120. The van der Waals surface area contributed by atoms with E-state index in [9.17, 15) is 8.78 Å². The molecule has 0 saturated carbocycles. The number of hydrogen-bond donors (Lipinski definition) is 2. The highest BCUT2D eigenvalue weighted by Crippen LogP contribution is 2.24. The molecule has 0 unspecified atom stereocenters. The minimum Gasteiger partial charge on any atom is -0.423 e. The van der Waals surface area contributed by atoms with Gasteiger partial charge in [0, 0.05) is 4.47 Å². The van der Waals surface area contributed by atoms with Gasteiger partial charge in [0.1, 0.15) is 11.6 Å². The van der Waals surface area contributed by atoms with Gasteiger partial charge < -0.3 is 10.0 Å². The Morgan fingerprint density at radius 1 is 0.625 bits per heavy atom. The predicted octanol–water partition coefficient (Wildman–Crippen LogP) is 6.75. The summed E-state index contributed by atoms with van der Waals surface area (Å²) in [5, 5.41) is 17.5. The van der Waals surface area contributed by atoms with Gasteiger partial charge in [-0.05, 0) is 46.9 Å². The summed E-state index contributed by atoms with van der Waals surface area (Å²) in [4.78, 5) is 0. The molecule has 0 amide bonds. The summed E-state index contributed by atoms with van der Waals surface area (Å²) in [5.74, 6) is -0.772. The Kier molecular flexibility index (Phi) is 10.9. The number of benzene rings is 4. The van der Waals surface area contributed by atoms with Crippen LogP contribution in [-0.4, -0.2) is 17.2 Å². The smallest absolute Gasteiger partial charge is 0.423 e. The summed E-state index contributed by atoms with van der Waals surface area (Å²) in [6, 6.07) is 27.5. The van der Waals surface area contributed by atoms with Crippen LogP contribution >= 0.6 is 39.1 Å². The molecule has 0 saturated heterocycles. The van der Waals surface area contributed by atoms with Crippen LogP contribution in [0.3, 0.4) is 0 Å². The first-order valence-electron chi connectivity index (χ1n) is 9.30. The second-order valence-corrected chi connectivity index (χ2v) is 8.07. The maximum atomic E-state index is 12.9. The molecular weight excluding hydrogens is 520 g/mol. The molecule has 0 radical (unpaired) electrons. The molecule has 0 heterocycles. The summed E-state index contributed by atoms with van der Waals surface area (Å²) in [6.07, 6.45) is 0. The van der Waals surface area contributed by atoms with Crippen LogP contribution < -0.4 is 5.46 Å². The fourth-order valence-corrected chi connectivity index (χ4v) is 3.26. The number of rotatable bonds is 2. The van der Waals surface area contributed by atoms with E-state index in [2.05, 4.69) is 15.9 Å². The van der Waals surface area contributed by atoms with Crippen LogP contribution in [0.2, 0.25) is 10.0 Å². The lowest BCUT2D eigenvalue weighted by Gasteiger charge is -2.01. The molecule has 0 fully saturated rings. The zero-order chi connectivity index (χ0) is 23.5. The SMILES string of the molecule is Fc1ccc(-c2ccccc2)cc1Cl.Fc1ccc(Br)cc1Cl.OB(O)c1ccccc1. The van der Waals surface area contributed by atoms with Crippen LogP contribution in [0, 0.1) is 11.6 Å². The van der Waals surface area contributed by atoms with E-state index in [1.165, 1.54) is 18.2 Å². The Labute approximate surface area is 204 Å². The highest BCUT2D eigenvalue weighted by molar-refractivity contribution is 9.10. The Morgan fingerprint density at radius 3 is 1.56 bits per heavy atom. The van der Waals surface area contributed by atoms with Gasteiger partial charge in [-0.2, -0.15) is 0 Å². The van der Waals surface area contributed by atoms with Gasteiger partial charge in [-0.1, -0.05) is 106 Å². The van der Waals surface area contributed by atoms with Crippen LogP contribution in [0.4, 0.5) is 8.78 Å². The molecule has 2 N–H and O–H groups in total. The van der Waals surface area contributed by atoms with Crippen molar-refractivity contribution in [1.29, 1.82) is 0 Å². The van der Waals surface area contributed by atoms with Crippen molar-refractivity contribution in [3.8, 4) is 11.1 Å². The lowest BCUT2D eigenvalue weighted by molar-refractivity contribution is 0.426. The summed E-state index contributed by atoms with van der Waals surface area (Å²) in [6.45, 7) is 0. The second-order valence-electron chi connectivity index (χ2n) is 6.34. The molecule has 0 spiro atoms. The quantitative estimate of drug-likeness (QED) is 0.219. The van der Waals surface area contributed by atoms with Crippen molar-refractivity contribution >= 4 is 51.7 Å². The normalized spacial score (nSPS) is 9.72. The van der Waals surface area contributed by atoms with Crippen LogP contribution in [0.25, 0.3) is 11.1 Å².